The van der Waals surface area contributed by atoms with E-state index in [1.54, 1.807) is 72.9 Å². The van der Waals surface area contributed by atoms with Crippen molar-refractivity contribution >= 4 is 45.4 Å². The summed E-state index contributed by atoms with van der Waals surface area (Å²) in [5.74, 6) is -1.77. The molecule has 4 unspecified atom stereocenters. The van der Waals surface area contributed by atoms with Gasteiger partial charge in [-0.05, 0) is 54.6 Å². The van der Waals surface area contributed by atoms with E-state index < -0.39 is 23.9 Å². The highest BCUT2D eigenvalue weighted by Crippen LogP contribution is 2.46. The van der Waals surface area contributed by atoms with Crippen LogP contribution >= 0.6 is 15.9 Å². The number of allylic oxidation sites excluding steroid dienone is 1. The van der Waals surface area contributed by atoms with Crippen molar-refractivity contribution in [2.24, 2.45) is 16.9 Å². The third-order valence-electron chi connectivity index (χ3n) is 6.02. The molecule has 2 saturated heterocycles. The van der Waals surface area contributed by atoms with E-state index in [0.717, 1.165) is 4.47 Å². The fraction of sp³-hybridized carbons (Fsp3) is 0.217. The van der Waals surface area contributed by atoms with Gasteiger partial charge in [-0.15, -0.1) is 0 Å². The van der Waals surface area contributed by atoms with Gasteiger partial charge in [0.15, 0.2) is 5.78 Å². The number of hydrogen-bond donors (Lipinski definition) is 0. The van der Waals surface area contributed by atoms with E-state index in [0.29, 0.717) is 17.0 Å². The van der Waals surface area contributed by atoms with Gasteiger partial charge in [0.25, 0.3) is 0 Å². The smallest absolute Gasteiger partial charge is 0.240 e. The Morgan fingerprint density at radius 3 is 2.35 bits per heavy atom. The van der Waals surface area contributed by atoms with Crippen LogP contribution in [0.3, 0.4) is 0 Å². The summed E-state index contributed by atoms with van der Waals surface area (Å²) in [4.78, 5) is 41.6. The number of rotatable bonds is 4. The molecule has 3 aliphatic rings. The van der Waals surface area contributed by atoms with E-state index in [2.05, 4.69) is 21.0 Å². The van der Waals surface area contributed by atoms with Crippen LogP contribution in [-0.2, 0) is 9.59 Å². The Bertz CT molecular complexity index is 1130. The molecule has 3 heterocycles. The summed E-state index contributed by atoms with van der Waals surface area (Å²) in [5, 5.41) is 5.97. The van der Waals surface area contributed by atoms with Crippen LogP contribution in [0.2, 0.25) is 0 Å². The van der Waals surface area contributed by atoms with Gasteiger partial charge in [0.1, 0.15) is 11.8 Å². The molecule has 2 amide bonds. The largest absolute Gasteiger partial charge is 0.497 e. The fourth-order valence-electron chi connectivity index (χ4n) is 4.61. The molecule has 2 aromatic carbocycles. The van der Waals surface area contributed by atoms with Crippen molar-refractivity contribution in [1.82, 2.24) is 5.01 Å². The topological polar surface area (TPSA) is 79.3 Å². The van der Waals surface area contributed by atoms with Gasteiger partial charge in [-0.25, -0.2) is 4.90 Å². The van der Waals surface area contributed by atoms with Crippen molar-refractivity contribution in [3.8, 4) is 5.75 Å². The number of hydrogen-bond acceptors (Lipinski definition) is 6. The minimum atomic E-state index is -0.860. The first-order valence-electron chi connectivity index (χ1n) is 9.82. The van der Waals surface area contributed by atoms with E-state index in [-0.39, 0.29) is 17.6 Å². The molecular formula is C23H18BrN3O4. The number of nitrogens with zero attached hydrogens (tertiary/aromatic N) is 3. The number of benzene rings is 2. The summed E-state index contributed by atoms with van der Waals surface area (Å²) < 4.78 is 6.02. The maximum absolute atomic E-state index is 13.5. The Kier molecular flexibility index (Phi) is 4.74. The maximum atomic E-state index is 13.5. The lowest BCUT2D eigenvalue weighted by Gasteiger charge is -2.30. The van der Waals surface area contributed by atoms with Crippen molar-refractivity contribution in [3.63, 3.8) is 0 Å². The Morgan fingerprint density at radius 2 is 1.68 bits per heavy atom. The van der Waals surface area contributed by atoms with E-state index >= 15 is 0 Å². The van der Waals surface area contributed by atoms with Gasteiger partial charge >= 0.3 is 0 Å². The zero-order chi connectivity index (χ0) is 21.7. The molecule has 0 spiro atoms. The van der Waals surface area contributed by atoms with Crippen molar-refractivity contribution in [2.45, 2.75) is 12.1 Å². The number of methoxy groups -OCH3 is 1. The van der Waals surface area contributed by atoms with Crippen LogP contribution < -0.4 is 9.64 Å². The number of carbonyl (C=O) groups is 3. The van der Waals surface area contributed by atoms with Gasteiger partial charge in [-0.3, -0.25) is 19.4 Å². The molecule has 8 heteroatoms. The molecule has 31 heavy (non-hydrogen) atoms. The highest BCUT2D eigenvalue weighted by Gasteiger charge is 2.64. The average Bonchev–Trinajstić information content (AvgIpc) is 3.27. The maximum Gasteiger partial charge on any atom is 0.240 e. The number of imide groups is 1. The Labute approximate surface area is 187 Å². The lowest BCUT2D eigenvalue weighted by molar-refractivity contribution is -0.123. The van der Waals surface area contributed by atoms with E-state index in [1.165, 1.54) is 4.90 Å². The number of ketones is 1. The van der Waals surface area contributed by atoms with Crippen LogP contribution in [0.1, 0.15) is 10.4 Å². The van der Waals surface area contributed by atoms with Gasteiger partial charge in [0, 0.05) is 16.3 Å². The number of halogens is 1. The SMILES string of the molecule is COc1ccc(C(=O)C2C3C(=O)N(c4ccc(Br)cc4)C(=O)C3C3C=CC=NN32)cc1. The number of amides is 2. The lowest BCUT2D eigenvalue weighted by Crippen LogP contribution is -2.46. The molecule has 0 radical (unpaired) electrons. The lowest BCUT2D eigenvalue weighted by atomic mass is 9.86. The molecule has 5 rings (SSSR count). The van der Waals surface area contributed by atoms with Crippen LogP contribution in [0, 0.1) is 11.8 Å². The summed E-state index contributed by atoms with van der Waals surface area (Å²) in [5.41, 5.74) is 0.940. The molecule has 0 N–H and O–H groups in total. The van der Waals surface area contributed by atoms with Crippen LogP contribution in [-0.4, -0.2) is 48.0 Å². The average molecular weight is 480 g/mol. The first kappa shape index (κ1) is 19.7. The van der Waals surface area contributed by atoms with Crippen molar-refractivity contribution in [3.05, 3.63) is 70.7 Å². The molecule has 156 valence electrons. The zero-order valence-electron chi connectivity index (χ0n) is 16.5. The van der Waals surface area contributed by atoms with Crippen molar-refractivity contribution in [1.29, 1.82) is 0 Å². The fourth-order valence-corrected chi connectivity index (χ4v) is 4.87. The van der Waals surface area contributed by atoms with E-state index in [1.807, 2.05) is 6.08 Å². The van der Waals surface area contributed by atoms with E-state index in [9.17, 15) is 14.4 Å². The number of carbonyl (C=O) groups excluding carboxylic acids is 3. The highest BCUT2D eigenvalue weighted by molar-refractivity contribution is 9.10. The molecule has 0 bridgehead atoms. The second-order valence-corrected chi connectivity index (χ2v) is 8.51. The van der Waals surface area contributed by atoms with E-state index in [4.69, 9.17) is 4.74 Å². The molecule has 3 aliphatic heterocycles. The number of fused-ring (bicyclic) bond motifs is 3. The minimum absolute atomic E-state index is 0.244. The predicted octanol–water partition coefficient (Wildman–Crippen LogP) is 3.05. The first-order chi connectivity index (χ1) is 15.0. The zero-order valence-corrected chi connectivity index (χ0v) is 18.1. The second-order valence-electron chi connectivity index (χ2n) is 7.60. The normalized spacial score (nSPS) is 26.3. The molecule has 2 fully saturated rings. The van der Waals surface area contributed by atoms with Crippen LogP contribution in [0.5, 0.6) is 5.75 Å². The van der Waals surface area contributed by atoms with Gasteiger partial charge in [0.2, 0.25) is 11.8 Å². The van der Waals surface area contributed by atoms with Crippen LogP contribution in [0.15, 0.2) is 70.3 Å². The monoisotopic (exact) mass is 479 g/mol. The Morgan fingerprint density at radius 1 is 1.00 bits per heavy atom. The van der Waals surface area contributed by atoms with Crippen LogP contribution in [0.4, 0.5) is 5.69 Å². The quantitative estimate of drug-likeness (QED) is 0.497. The van der Waals surface area contributed by atoms with Gasteiger partial charge in [-0.1, -0.05) is 22.0 Å². The summed E-state index contributed by atoms with van der Waals surface area (Å²) in [6.07, 6.45) is 5.16. The third kappa shape index (κ3) is 3.01. The standard InChI is InChI=1S/C23H18BrN3O4/c1-31-16-10-4-13(5-11-16)21(28)20-19-18(17-3-2-12-25-27(17)20)22(29)26(23(19)30)15-8-6-14(24)7-9-15/h2-12,17-20H,1H3. The summed E-state index contributed by atoms with van der Waals surface area (Å²) in [7, 11) is 1.55. The third-order valence-corrected chi connectivity index (χ3v) is 6.55. The molecule has 0 saturated carbocycles. The number of anilines is 1. The van der Waals surface area contributed by atoms with Crippen molar-refractivity contribution < 1.29 is 19.1 Å². The molecule has 4 atom stereocenters. The van der Waals surface area contributed by atoms with Crippen molar-refractivity contribution in [2.75, 3.05) is 12.0 Å². The van der Waals surface area contributed by atoms with Gasteiger partial charge < -0.3 is 4.74 Å². The minimum Gasteiger partial charge on any atom is -0.497 e. The summed E-state index contributed by atoms with van der Waals surface area (Å²) in [6.45, 7) is 0. The summed E-state index contributed by atoms with van der Waals surface area (Å²) in [6, 6.07) is 12.4. The Balaban J connectivity index is 1.55. The summed E-state index contributed by atoms with van der Waals surface area (Å²) >= 11 is 3.37. The second kappa shape index (κ2) is 7.46. The first-order valence-corrected chi connectivity index (χ1v) is 10.6. The Hall–Kier alpha value is -3.26. The molecule has 0 aromatic heterocycles. The number of Topliss-reactive ketones (excluding diaryl/α,β-unsaturated/α-hetero) is 1. The number of ether oxygens (including phenoxy) is 1. The predicted molar refractivity (Wildman–Crippen MR) is 118 cm³/mol. The van der Waals surface area contributed by atoms with Gasteiger partial charge in [0.05, 0.1) is 30.7 Å². The molecule has 0 aliphatic carbocycles. The van der Waals surface area contributed by atoms with Gasteiger partial charge in [-0.2, -0.15) is 5.10 Å². The highest BCUT2D eigenvalue weighted by atomic mass is 79.9. The number of hydrazone groups is 1. The van der Waals surface area contributed by atoms with Crippen LogP contribution in [0.25, 0.3) is 0 Å². The molecule has 7 nitrogen and oxygen atoms in total. The molecule has 2 aromatic rings. The molecular weight excluding hydrogens is 462 g/mol.